The monoisotopic (exact) mass is 284 g/mol. The number of aliphatic hydroxyl groups is 1. The average molecular weight is 285 g/mol. The predicted molar refractivity (Wildman–Crippen MR) is 65.1 cm³/mol. The molecule has 0 radical (unpaired) electrons. The maximum absolute atomic E-state index is 12.0. The first-order valence-electron chi connectivity index (χ1n) is 4.81. The molecule has 0 spiro atoms. The van der Waals surface area contributed by atoms with E-state index in [2.05, 4.69) is 27.5 Å². The summed E-state index contributed by atoms with van der Waals surface area (Å²) < 4.78 is 0.612. The molecule has 1 aromatic heterocycles. The Hall–Kier alpha value is -1.20. The van der Waals surface area contributed by atoms with Crippen LogP contribution in [0.3, 0.4) is 0 Å². The van der Waals surface area contributed by atoms with Gasteiger partial charge in [-0.1, -0.05) is 6.08 Å². The number of rotatable bonds is 5. The number of carbonyl (C=O) groups is 1. The molecular formula is C11H13BrN2O2. The van der Waals surface area contributed by atoms with Crippen molar-refractivity contribution in [3.63, 3.8) is 0 Å². The second kappa shape index (κ2) is 6.40. The Morgan fingerprint density at radius 2 is 2.44 bits per heavy atom. The summed E-state index contributed by atoms with van der Waals surface area (Å²) in [6.07, 6.45) is 3.19. The summed E-state index contributed by atoms with van der Waals surface area (Å²) in [6, 6.07) is 3.29. The van der Waals surface area contributed by atoms with Crippen LogP contribution >= 0.6 is 15.9 Å². The zero-order valence-corrected chi connectivity index (χ0v) is 10.4. The highest BCUT2D eigenvalue weighted by Gasteiger charge is 2.14. The van der Waals surface area contributed by atoms with Gasteiger partial charge in [0, 0.05) is 24.8 Å². The lowest BCUT2D eigenvalue weighted by atomic mass is 10.2. The molecule has 0 aliphatic carbocycles. The van der Waals surface area contributed by atoms with Crippen molar-refractivity contribution in [2.24, 2.45) is 0 Å². The third kappa shape index (κ3) is 3.43. The van der Waals surface area contributed by atoms with Crippen molar-refractivity contribution in [1.82, 2.24) is 9.88 Å². The molecule has 0 unspecified atom stereocenters. The van der Waals surface area contributed by atoms with Gasteiger partial charge in [-0.25, -0.2) is 4.98 Å². The van der Waals surface area contributed by atoms with Crippen LogP contribution in [0.1, 0.15) is 10.4 Å². The van der Waals surface area contributed by atoms with Gasteiger partial charge in [0.05, 0.1) is 6.61 Å². The summed E-state index contributed by atoms with van der Waals surface area (Å²) in [5, 5.41) is 8.86. The molecule has 0 aliphatic rings. The highest BCUT2D eigenvalue weighted by atomic mass is 79.9. The van der Waals surface area contributed by atoms with Gasteiger partial charge in [0.2, 0.25) is 0 Å². The highest BCUT2D eigenvalue weighted by Crippen LogP contribution is 2.10. The quantitative estimate of drug-likeness (QED) is 0.658. The Bertz CT molecular complexity index is 382. The molecule has 0 bridgehead atoms. The number of aromatic nitrogens is 1. The molecule has 16 heavy (non-hydrogen) atoms. The topological polar surface area (TPSA) is 53.4 Å². The Morgan fingerprint density at radius 1 is 1.69 bits per heavy atom. The Balaban J connectivity index is 2.85. The Labute approximate surface area is 103 Å². The van der Waals surface area contributed by atoms with Gasteiger partial charge in [-0.3, -0.25) is 4.79 Å². The van der Waals surface area contributed by atoms with E-state index in [0.29, 0.717) is 23.3 Å². The fourth-order valence-electron chi connectivity index (χ4n) is 1.27. The number of nitrogens with zero attached hydrogens (tertiary/aromatic N) is 2. The molecule has 0 aliphatic heterocycles. The van der Waals surface area contributed by atoms with Crippen molar-refractivity contribution in [1.29, 1.82) is 0 Å². The number of hydrogen-bond acceptors (Lipinski definition) is 3. The minimum atomic E-state index is -0.142. The first-order valence-corrected chi connectivity index (χ1v) is 5.61. The zero-order chi connectivity index (χ0) is 12.0. The molecule has 1 amide bonds. The van der Waals surface area contributed by atoms with Gasteiger partial charge < -0.3 is 10.0 Å². The van der Waals surface area contributed by atoms with Crippen LogP contribution in [-0.4, -0.2) is 40.6 Å². The maximum atomic E-state index is 12.0. The minimum absolute atomic E-state index is 0.0637. The van der Waals surface area contributed by atoms with Gasteiger partial charge in [0.15, 0.2) is 0 Å². The van der Waals surface area contributed by atoms with Crippen LogP contribution in [-0.2, 0) is 0 Å². The van der Waals surface area contributed by atoms with E-state index in [1.165, 1.54) is 4.90 Å². The fourth-order valence-corrected chi connectivity index (χ4v) is 1.64. The average Bonchev–Trinajstić information content (AvgIpc) is 2.28. The lowest BCUT2D eigenvalue weighted by Gasteiger charge is -2.19. The van der Waals surface area contributed by atoms with Gasteiger partial charge in [0.1, 0.15) is 4.60 Å². The van der Waals surface area contributed by atoms with Gasteiger partial charge >= 0.3 is 0 Å². The number of halogens is 1. The van der Waals surface area contributed by atoms with Crippen LogP contribution in [0.4, 0.5) is 0 Å². The smallest absolute Gasteiger partial charge is 0.254 e. The molecule has 0 fully saturated rings. The first kappa shape index (κ1) is 12.9. The van der Waals surface area contributed by atoms with E-state index in [1.807, 2.05) is 0 Å². The van der Waals surface area contributed by atoms with E-state index >= 15 is 0 Å². The third-order valence-electron chi connectivity index (χ3n) is 1.98. The molecule has 1 N–H and O–H groups in total. The first-order chi connectivity index (χ1) is 7.69. The second-order valence-electron chi connectivity index (χ2n) is 3.13. The van der Waals surface area contributed by atoms with E-state index in [-0.39, 0.29) is 12.5 Å². The predicted octanol–water partition coefficient (Wildman–Crippen LogP) is 1.46. The normalized spacial score (nSPS) is 9.88. The summed E-state index contributed by atoms with van der Waals surface area (Å²) >= 11 is 3.21. The third-order valence-corrected chi connectivity index (χ3v) is 2.41. The number of pyridine rings is 1. The maximum Gasteiger partial charge on any atom is 0.254 e. The van der Waals surface area contributed by atoms with E-state index in [1.54, 1.807) is 24.4 Å². The van der Waals surface area contributed by atoms with Crippen LogP contribution in [0.15, 0.2) is 35.6 Å². The van der Waals surface area contributed by atoms with Crippen molar-refractivity contribution in [3.8, 4) is 0 Å². The Kier molecular flexibility index (Phi) is 5.14. The highest BCUT2D eigenvalue weighted by molar-refractivity contribution is 9.10. The standard InChI is InChI=1S/C11H13BrN2O2/c1-2-5-14(6-7-15)11(16)9-3-4-13-10(12)8-9/h2-4,8,15H,1,5-7H2. The number of hydrogen-bond donors (Lipinski definition) is 1. The molecule has 5 heteroatoms. The molecule has 4 nitrogen and oxygen atoms in total. The van der Waals surface area contributed by atoms with Crippen molar-refractivity contribution in [2.75, 3.05) is 19.7 Å². The van der Waals surface area contributed by atoms with Gasteiger partial charge in [-0.2, -0.15) is 0 Å². The van der Waals surface area contributed by atoms with Gasteiger partial charge in [-0.15, -0.1) is 6.58 Å². The fraction of sp³-hybridized carbons (Fsp3) is 0.273. The number of aliphatic hydroxyl groups excluding tert-OH is 1. The van der Waals surface area contributed by atoms with E-state index in [9.17, 15) is 4.79 Å². The summed E-state index contributed by atoms with van der Waals surface area (Å²) in [7, 11) is 0. The molecule has 1 aromatic rings. The molecule has 0 saturated carbocycles. The largest absolute Gasteiger partial charge is 0.395 e. The molecule has 86 valence electrons. The Morgan fingerprint density at radius 3 is 3.00 bits per heavy atom. The van der Waals surface area contributed by atoms with Crippen molar-refractivity contribution in [2.45, 2.75) is 0 Å². The molecule has 1 heterocycles. The van der Waals surface area contributed by atoms with Crippen molar-refractivity contribution < 1.29 is 9.90 Å². The van der Waals surface area contributed by atoms with Gasteiger partial charge in [0.25, 0.3) is 5.91 Å². The molecule has 0 atom stereocenters. The van der Waals surface area contributed by atoms with Gasteiger partial charge in [-0.05, 0) is 28.1 Å². The SMILES string of the molecule is C=CCN(CCO)C(=O)c1ccnc(Br)c1. The second-order valence-corrected chi connectivity index (χ2v) is 3.94. The van der Waals surface area contributed by atoms with Crippen molar-refractivity contribution >= 4 is 21.8 Å². The number of carbonyl (C=O) groups excluding carboxylic acids is 1. The lowest BCUT2D eigenvalue weighted by molar-refractivity contribution is 0.0742. The number of amides is 1. The van der Waals surface area contributed by atoms with E-state index in [4.69, 9.17) is 5.11 Å². The summed E-state index contributed by atoms with van der Waals surface area (Å²) in [6.45, 7) is 4.23. The van der Waals surface area contributed by atoms with E-state index in [0.717, 1.165) is 0 Å². The van der Waals surface area contributed by atoms with Crippen LogP contribution in [0.2, 0.25) is 0 Å². The van der Waals surface area contributed by atoms with Crippen LogP contribution < -0.4 is 0 Å². The summed E-state index contributed by atoms with van der Waals surface area (Å²) in [5.41, 5.74) is 0.539. The van der Waals surface area contributed by atoms with Crippen LogP contribution in [0, 0.1) is 0 Å². The lowest BCUT2D eigenvalue weighted by Crippen LogP contribution is -2.33. The molecular weight excluding hydrogens is 272 g/mol. The van der Waals surface area contributed by atoms with Crippen LogP contribution in [0.5, 0.6) is 0 Å². The van der Waals surface area contributed by atoms with Crippen molar-refractivity contribution in [3.05, 3.63) is 41.2 Å². The van der Waals surface area contributed by atoms with Crippen LogP contribution in [0.25, 0.3) is 0 Å². The molecule has 0 aromatic carbocycles. The van der Waals surface area contributed by atoms with E-state index < -0.39 is 0 Å². The molecule has 0 saturated heterocycles. The minimum Gasteiger partial charge on any atom is -0.395 e. The molecule has 1 rings (SSSR count). The summed E-state index contributed by atoms with van der Waals surface area (Å²) in [4.78, 5) is 17.5. The zero-order valence-electron chi connectivity index (χ0n) is 8.77. The summed E-state index contributed by atoms with van der Waals surface area (Å²) in [5.74, 6) is -0.142.